The van der Waals surface area contributed by atoms with Crippen LogP contribution in [-0.4, -0.2) is 58.9 Å². The van der Waals surface area contributed by atoms with Gasteiger partial charge in [-0.25, -0.2) is 0 Å². The molecule has 1 aromatic heterocycles. The number of nitrogens with zero attached hydrogens (tertiary/aromatic N) is 2. The number of carbonyl (C=O) groups excluding carboxylic acids is 1. The Bertz CT molecular complexity index is 1500. The lowest BCUT2D eigenvalue weighted by Gasteiger charge is -2.46. The minimum Gasteiger partial charge on any atom is -0.497 e. The molecule has 6 heteroatoms. The van der Waals surface area contributed by atoms with E-state index in [9.17, 15) is 9.90 Å². The summed E-state index contributed by atoms with van der Waals surface area (Å²) in [4.78, 5) is 15.6. The first-order valence-corrected chi connectivity index (χ1v) is 16.2. The van der Waals surface area contributed by atoms with Crippen molar-refractivity contribution in [2.24, 2.45) is 5.41 Å². The highest BCUT2D eigenvalue weighted by molar-refractivity contribution is 6.01. The summed E-state index contributed by atoms with van der Waals surface area (Å²) in [6, 6.07) is 14.0. The van der Waals surface area contributed by atoms with E-state index in [1.54, 1.807) is 14.2 Å². The predicted octanol–water partition coefficient (Wildman–Crippen LogP) is 6.66. The van der Waals surface area contributed by atoms with Gasteiger partial charge in [-0.1, -0.05) is 32.3 Å². The number of benzene rings is 2. The maximum absolute atomic E-state index is 12.8. The van der Waals surface area contributed by atoms with Gasteiger partial charge in [-0.2, -0.15) is 0 Å². The van der Waals surface area contributed by atoms with Crippen LogP contribution in [0.15, 0.2) is 36.4 Å². The van der Waals surface area contributed by atoms with E-state index in [1.165, 1.54) is 78.2 Å². The lowest BCUT2D eigenvalue weighted by molar-refractivity contribution is -0.0507. The Balaban J connectivity index is 1.41. The molecule has 224 valence electrons. The number of aromatic nitrogens is 1. The van der Waals surface area contributed by atoms with Gasteiger partial charge >= 0.3 is 0 Å². The Morgan fingerprint density at radius 3 is 2.45 bits per heavy atom. The fourth-order valence-corrected chi connectivity index (χ4v) is 9.25. The molecule has 2 saturated heterocycles. The second-order valence-corrected chi connectivity index (χ2v) is 14.5. The van der Waals surface area contributed by atoms with Crippen LogP contribution in [0.3, 0.4) is 0 Å². The quantitative estimate of drug-likeness (QED) is 0.360. The average Bonchev–Trinajstić information content (AvgIpc) is 3.36. The molecule has 2 aromatic carbocycles. The van der Waals surface area contributed by atoms with Gasteiger partial charge in [0.1, 0.15) is 5.75 Å². The van der Waals surface area contributed by atoms with Crippen molar-refractivity contribution in [3.63, 3.8) is 0 Å². The first-order chi connectivity index (χ1) is 20.2. The van der Waals surface area contributed by atoms with Gasteiger partial charge in [-0.15, -0.1) is 0 Å². The molecule has 2 N–H and O–H groups in total. The van der Waals surface area contributed by atoms with Crippen LogP contribution in [0.2, 0.25) is 0 Å². The summed E-state index contributed by atoms with van der Waals surface area (Å²) in [5.74, 6) is 1.41. The van der Waals surface area contributed by atoms with Crippen molar-refractivity contribution in [3.05, 3.63) is 53.1 Å². The Morgan fingerprint density at radius 1 is 1.02 bits per heavy atom. The Kier molecular flexibility index (Phi) is 6.93. The molecule has 7 rings (SSSR count). The number of amides is 1. The molecule has 2 bridgehead atoms. The number of rotatable bonds is 5. The molecule has 1 saturated carbocycles. The molecule has 1 aliphatic carbocycles. The van der Waals surface area contributed by atoms with E-state index in [4.69, 9.17) is 4.74 Å². The third-order valence-corrected chi connectivity index (χ3v) is 11.0. The van der Waals surface area contributed by atoms with E-state index in [0.717, 1.165) is 43.7 Å². The molecule has 3 aromatic rings. The second-order valence-electron chi connectivity index (χ2n) is 14.5. The Labute approximate surface area is 250 Å². The summed E-state index contributed by atoms with van der Waals surface area (Å²) < 4.78 is 8.35. The SMILES string of the molecule is CNC(=O)c1ccc2c(C3CCCCC3)c3n(c2c1)CC(C)(CN1C2CCC1CC(C)(O)C2)Cc1cc(OC)ccc1-3. The van der Waals surface area contributed by atoms with E-state index >= 15 is 0 Å². The van der Waals surface area contributed by atoms with E-state index < -0.39 is 5.60 Å². The van der Waals surface area contributed by atoms with Crippen LogP contribution in [-0.2, 0) is 13.0 Å². The zero-order valence-corrected chi connectivity index (χ0v) is 25.8. The molecule has 4 aliphatic rings. The van der Waals surface area contributed by atoms with Gasteiger partial charge in [-0.05, 0) is 99.2 Å². The second kappa shape index (κ2) is 10.4. The first-order valence-electron chi connectivity index (χ1n) is 16.2. The summed E-state index contributed by atoms with van der Waals surface area (Å²) >= 11 is 0. The Hall–Kier alpha value is -2.83. The summed E-state index contributed by atoms with van der Waals surface area (Å²) in [7, 11) is 3.48. The largest absolute Gasteiger partial charge is 0.497 e. The number of hydrogen-bond acceptors (Lipinski definition) is 4. The zero-order chi connectivity index (χ0) is 29.2. The maximum Gasteiger partial charge on any atom is 0.251 e. The molecule has 3 unspecified atom stereocenters. The molecular weight excluding hydrogens is 522 g/mol. The predicted molar refractivity (Wildman–Crippen MR) is 168 cm³/mol. The number of carbonyl (C=O) groups is 1. The summed E-state index contributed by atoms with van der Waals surface area (Å²) in [5, 5.41) is 15.1. The number of hydrogen-bond donors (Lipinski definition) is 2. The summed E-state index contributed by atoms with van der Waals surface area (Å²) in [5.41, 5.74) is 6.84. The number of methoxy groups -OCH3 is 1. The van der Waals surface area contributed by atoms with Crippen LogP contribution >= 0.6 is 0 Å². The zero-order valence-electron chi connectivity index (χ0n) is 25.8. The molecule has 42 heavy (non-hydrogen) atoms. The summed E-state index contributed by atoms with van der Waals surface area (Å²) in [6.45, 7) is 6.39. The maximum atomic E-state index is 12.8. The van der Waals surface area contributed by atoms with Gasteiger partial charge in [-0.3, -0.25) is 9.69 Å². The lowest BCUT2D eigenvalue weighted by Crippen LogP contribution is -2.53. The number of aliphatic hydroxyl groups is 1. The minimum absolute atomic E-state index is 0.0325. The van der Waals surface area contributed by atoms with Crippen molar-refractivity contribution in [2.75, 3.05) is 20.7 Å². The normalized spacial score (nSPS) is 29.6. The van der Waals surface area contributed by atoms with Crippen LogP contribution in [0, 0.1) is 5.41 Å². The average molecular weight is 570 g/mol. The van der Waals surface area contributed by atoms with Crippen molar-refractivity contribution in [1.29, 1.82) is 0 Å². The minimum atomic E-state index is -0.554. The highest BCUT2D eigenvalue weighted by Crippen LogP contribution is 2.50. The van der Waals surface area contributed by atoms with E-state index in [-0.39, 0.29) is 11.3 Å². The molecule has 3 aliphatic heterocycles. The van der Waals surface area contributed by atoms with Gasteiger partial charge in [0, 0.05) is 59.7 Å². The van der Waals surface area contributed by atoms with Gasteiger partial charge < -0.3 is 19.7 Å². The fourth-order valence-electron chi connectivity index (χ4n) is 9.25. The number of fused-ring (bicyclic) bond motifs is 7. The molecule has 6 nitrogen and oxygen atoms in total. The van der Waals surface area contributed by atoms with Crippen molar-refractivity contribution in [3.8, 4) is 17.0 Å². The van der Waals surface area contributed by atoms with Crippen LogP contribution in [0.5, 0.6) is 5.75 Å². The van der Waals surface area contributed by atoms with Crippen LogP contribution in [0.4, 0.5) is 0 Å². The third kappa shape index (κ3) is 4.75. The highest BCUT2D eigenvalue weighted by Gasteiger charge is 2.48. The highest BCUT2D eigenvalue weighted by atomic mass is 16.5. The molecule has 3 fully saturated rings. The molecule has 3 atom stereocenters. The number of nitrogens with one attached hydrogen (secondary N) is 1. The molecule has 4 heterocycles. The fraction of sp³-hybridized carbons (Fsp3) is 0.583. The van der Waals surface area contributed by atoms with Crippen LogP contribution < -0.4 is 10.1 Å². The Morgan fingerprint density at radius 2 is 1.76 bits per heavy atom. The molecule has 0 spiro atoms. The van der Waals surface area contributed by atoms with E-state index in [1.807, 2.05) is 13.0 Å². The summed E-state index contributed by atoms with van der Waals surface area (Å²) in [6.07, 6.45) is 11.4. The molecule has 0 radical (unpaired) electrons. The van der Waals surface area contributed by atoms with E-state index in [0.29, 0.717) is 18.0 Å². The monoisotopic (exact) mass is 569 g/mol. The van der Waals surface area contributed by atoms with Crippen molar-refractivity contribution >= 4 is 16.8 Å². The first kappa shape index (κ1) is 28.0. The molecule has 1 amide bonds. The van der Waals surface area contributed by atoms with Gasteiger partial charge in [0.05, 0.1) is 18.4 Å². The van der Waals surface area contributed by atoms with Gasteiger partial charge in [0.25, 0.3) is 5.91 Å². The molecular formula is C36H47N3O3. The smallest absolute Gasteiger partial charge is 0.251 e. The van der Waals surface area contributed by atoms with E-state index in [2.05, 4.69) is 52.0 Å². The van der Waals surface area contributed by atoms with Crippen molar-refractivity contribution < 1.29 is 14.6 Å². The van der Waals surface area contributed by atoms with Crippen molar-refractivity contribution in [2.45, 2.75) is 108 Å². The number of piperidine rings is 1. The van der Waals surface area contributed by atoms with Crippen molar-refractivity contribution in [1.82, 2.24) is 14.8 Å². The van der Waals surface area contributed by atoms with Crippen LogP contribution in [0.25, 0.3) is 22.2 Å². The van der Waals surface area contributed by atoms with Gasteiger partial charge in [0.15, 0.2) is 0 Å². The topological polar surface area (TPSA) is 66.7 Å². The number of ether oxygens (including phenoxy) is 1. The lowest BCUT2D eigenvalue weighted by atomic mass is 9.79. The van der Waals surface area contributed by atoms with Gasteiger partial charge in [0.2, 0.25) is 0 Å². The standard InChI is InChI=1S/C36H47N3O3/c1-35(21-38-26-11-12-27(38)20-36(2,41)19-26)18-25-16-28(42-4)13-15-29(25)33-32(23-8-6-5-7-9-23)30-14-10-24(34(40)37-3)17-31(30)39(33)22-35/h10,13-17,23,26-27,41H,5-9,11-12,18-22H2,1-4H3,(H,37,40). The third-order valence-electron chi connectivity index (χ3n) is 11.0. The van der Waals surface area contributed by atoms with Crippen LogP contribution in [0.1, 0.15) is 99.0 Å².